The molecule has 0 bridgehead atoms. The highest BCUT2D eigenvalue weighted by molar-refractivity contribution is 5.99. The molecule has 2 aromatic carbocycles. The Morgan fingerprint density at radius 2 is 1.67 bits per heavy atom. The quantitative estimate of drug-likeness (QED) is 0.474. The van der Waals surface area contributed by atoms with Gasteiger partial charge in [-0.25, -0.2) is 0 Å². The molecule has 1 aliphatic rings. The van der Waals surface area contributed by atoms with Crippen LogP contribution in [0.5, 0.6) is 5.75 Å². The topological polar surface area (TPSA) is 89.4 Å². The highest BCUT2D eigenvalue weighted by Gasteiger charge is 2.22. The molecule has 0 saturated heterocycles. The van der Waals surface area contributed by atoms with E-state index >= 15 is 0 Å². The minimum Gasteiger partial charge on any atom is -0.497 e. The fourth-order valence-electron chi connectivity index (χ4n) is 4.98. The maximum atomic E-state index is 13.3. The molecule has 0 unspecified atom stereocenters. The van der Waals surface area contributed by atoms with Crippen molar-refractivity contribution in [3.05, 3.63) is 75.7 Å². The molecule has 1 heterocycles. The van der Waals surface area contributed by atoms with Crippen LogP contribution < -0.4 is 20.8 Å². The third kappa shape index (κ3) is 5.78. The fourth-order valence-corrected chi connectivity index (χ4v) is 4.98. The molecule has 0 radical (unpaired) electrons. The van der Waals surface area contributed by atoms with Gasteiger partial charge in [0.15, 0.2) is 0 Å². The van der Waals surface area contributed by atoms with Crippen molar-refractivity contribution in [3.63, 3.8) is 0 Å². The van der Waals surface area contributed by atoms with E-state index in [1.165, 1.54) is 19.3 Å². The number of benzene rings is 2. The minimum atomic E-state index is -0.545. The van der Waals surface area contributed by atoms with E-state index in [1.54, 1.807) is 26.4 Å². The van der Waals surface area contributed by atoms with Crippen LogP contribution in [0.3, 0.4) is 0 Å². The molecular weight excluding hydrogens is 454 g/mol. The zero-order valence-electron chi connectivity index (χ0n) is 21.3. The molecule has 2 amide bonds. The zero-order valence-corrected chi connectivity index (χ0v) is 21.3. The Balaban J connectivity index is 1.60. The maximum Gasteiger partial charge on any atom is 0.257 e. The Hall–Kier alpha value is -3.61. The molecule has 1 atom stereocenters. The molecule has 1 saturated carbocycles. The monoisotopic (exact) mass is 489 g/mol. The number of fused-ring (bicyclic) bond motifs is 1. The van der Waals surface area contributed by atoms with Gasteiger partial charge < -0.3 is 19.9 Å². The van der Waals surface area contributed by atoms with E-state index in [1.807, 2.05) is 47.9 Å². The first-order chi connectivity index (χ1) is 17.4. The van der Waals surface area contributed by atoms with E-state index in [-0.39, 0.29) is 17.2 Å². The molecule has 1 aromatic heterocycles. The molecule has 190 valence electrons. The van der Waals surface area contributed by atoms with E-state index in [0.29, 0.717) is 19.0 Å². The van der Waals surface area contributed by atoms with Crippen molar-refractivity contribution in [2.75, 3.05) is 13.7 Å². The van der Waals surface area contributed by atoms with E-state index in [9.17, 15) is 14.4 Å². The molecule has 0 aliphatic heterocycles. The van der Waals surface area contributed by atoms with Gasteiger partial charge in [-0.3, -0.25) is 14.4 Å². The SMILES string of the molecule is CCNC(=O)c1cn(CC2CCCCC2)cc(C(=O)N[C@H](C)c2ccc3cc(OC)ccc3c2)c1=O. The van der Waals surface area contributed by atoms with Crippen LogP contribution in [-0.4, -0.2) is 30.0 Å². The Kier molecular flexibility index (Phi) is 8.08. The summed E-state index contributed by atoms with van der Waals surface area (Å²) < 4.78 is 7.15. The van der Waals surface area contributed by atoms with Crippen LogP contribution in [0, 0.1) is 5.92 Å². The van der Waals surface area contributed by atoms with Crippen LogP contribution in [0.1, 0.15) is 78.3 Å². The molecular formula is C29H35N3O4. The molecule has 36 heavy (non-hydrogen) atoms. The minimum absolute atomic E-state index is 0.00705. The van der Waals surface area contributed by atoms with Crippen molar-refractivity contribution in [3.8, 4) is 5.75 Å². The van der Waals surface area contributed by atoms with Gasteiger partial charge in [-0.2, -0.15) is 0 Å². The van der Waals surface area contributed by atoms with Crippen LogP contribution in [0.4, 0.5) is 0 Å². The summed E-state index contributed by atoms with van der Waals surface area (Å²) >= 11 is 0. The summed E-state index contributed by atoms with van der Waals surface area (Å²) in [7, 11) is 1.64. The number of hydrogen-bond acceptors (Lipinski definition) is 4. The molecule has 7 heteroatoms. The molecule has 1 fully saturated rings. The van der Waals surface area contributed by atoms with E-state index in [0.717, 1.165) is 34.9 Å². The second-order valence-corrected chi connectivity index (χ2v) is 9.64. The lowest BCUT2D eigenvalue weighted by molar-refractivity contribution is 0.0937. The number of ether oxygens (including phenoxy) is 1. The first-order valence-corrected chi connectivity index (χ1v) is 12.8. The lowest BCUT2D eigenvalue weighted by atomic mass is 9.89. The fraction of sp³-hybridized carbons (Fsp3) is 0.414. The number of nitrogens with zero attached hydrogens (tertiary/aromatic N) is 1. The Labute approximate surface area is 211 Å². The average molecular weight is 490 g/mol. The van der Waals surface area contributed by atoms with Gasteiger partial charge in [0.2, 0.25) is 5.43 Å². The van der Waals surface area contributed by atoms with Crippen molar-refractivity contribution in [2.24, 2.45) is 5.92 Å². The number of carbonyl (C=O) groups excluding carboxylic acids is 2. The summed E-state index contributed by atoms with van der Waals surface area (Å²) in [5, 5.41) is 7.73. The van der Waals surface area contributed by atoms with E-state index < -0.39 is 17.2 Å². The summed E-state index contributed by atoms with van der Waals surface area (Å²) in [6.07, 6.45) is 9.08. The van der Waals surface area contributed by atoms with Gasteiger partial charge in [-0.15, -0.1) is 0 Å². The van der Waals surface area contributed by atoms with Crippen LogP contribution >= 0.6 is 0 Å². The highest BCUT2D eigenvalue weighted by Crippen LogP contribution is 2.26. The molecule has 0 spiro atoms. The van der Waals surface area contributed by atoms with E-state index in [2.05, 4.69) is 10.6 Å². The van der Waals surface area contributed by atoms with Crippen LogP contribution in [0.25, 0.3) is 10.8 Å². The summed E-state index contributed by atoms with van der Waals surface area (Å²) in [5.74, 6) is 0.334. The van der Waals surface area contributed by atoms with Crippen LogP contribution in [0.2, 0.25) is 0 Å². The molecule has 2 N–H and O–H groups in total. The summed E-state index contributed by atoms with van der Waals surface area (Å²) in [4.78, 5) is 39.1. The zero-order chi connectivity index (χ0) is 25.7. The molecule has 1 aliphatic carbocycles. The smallest absolute Gasteiger partial charge is 0.257 e. The number of nitrogens with one attached hydrogen (secondary N) is 2. The Bertz CT molecular complexity index is 1310. The van der Waals surface area contributed by atoms with Gasteiger partial charge in [0.25, 0.3) is 11.8 Å². The third-order valence-corrected chi connectivity index (χ3v) is 7.02. The first-order valence-electron chi connectivity index (χ1n) is 12.8. The number of amides is 2. The van der Waals surface area contributed by atoms with Crippen LogP contribution in [0.15, 0.2) is 53.6 Å². The Morgan fingerprint density at radius 1 is 1.00 bits per heavy atom. The lowest BCUT2D eigenvalue weighted by Crippen LogP contribution is -2.36. The maximum absolute atomic E-state index is 13.3. The number of pyridine rings is 1. The van der Waals surface area contributed by atoms with Crippen LogP contribution in [-0.2, 0) is 6.54 Å². The second kappa shape index (κ2) is 11.4. The number of methoxy groups -OCH3 is 1. The standard InChI is InChI=1S/C29H35N3O4/c1-4-30-28(34)25-17-32(16-20-8-6-5-7-9-20)18-26(27(25)33)29(35)31-19(2)21-10-11-23-15-24(36-3)13-12-22(23)14-21/h10-15,17-20H,4-9,16H2,1-3H3,(H,30,34)(H,31,35)/t19-/m1/s1. The van der Waals surface area contributed by atoms with E-state index in [4.69, 9.17) is 4.74 Å². The molecule has 7 nitrogen and oxygen atoms in total. The summed E-state index contributed by atoms with van der Waals surface area (Å²) in [6, 6.07) is 11.5. The van der Waals surface area contributed by atoms with Gasteiger partial charge in [0, 0.05) is 25.5 Å². The summed E-state index contributed by atoms with van der Waals surface area (Å²) in [6.45, 7) is 4.78. The van der Waals surface area contributed by atoms with Crippen molar-refractivity contribution < 1.29 is 14.3 Å². The predicted molar refractivity (Wildman–Crippen MR) is 142 cm³/mol. The second-order valence-electron chi connectivity index (χ2n) is 9.64. The number of rotatable bonds is 8. The van der Waals surface area contributed by atoms with Gasteiger partial charge in [0.05, 0.1) is 13.2 Å². The van der Waals surface area contributed by atoms with Gasteiger partial charge in [-0.1, -0.05) is 37.5 Å². The van der Waals surface area contributed by atoms with Gasteiger partial charge in [0.1, 0.15) is 16.9 Å². The largest absolute Gasteiger partial charge is 0.497 e. The van der Waals surface area contributed by atoms with Gasteiger partial charge >= 0.3 is 0 Å². The molecule has 3 aromatic rings. The predicted octanol–water partition coefficient (Wildman–Crippen LogP) is 4.83. The third-order valence-electron chi connectivity index (χ3n) is 7.02. The van der Waals surface area contributed by atoms with Gasteiger partial charge in [-0.05, 0) is 67.1 Å². The average Bonchev–Trinajstić information content (AvgIpc) is 2.89. The van der Waals surface area contributed by atoms with Crippen molar-refractivity contribution >= 4 is 22.6 Å². The summed E-state index contributed by atoms with van der Waals surface area (Å²) in [5.41, 5.74) is 0.374. The van der Waals surface area contributed by atoms with Crippen molar-refractivity contribution in [1.82, 2.24) is 15.2 Å². The number of aromatic nitrogens is 1. The van der Waals surface area contributed by atoms with Crippen molar-refractivity contribution in [1.29, 1.82) is 0 Å². The van der Waals surface area contributed by atoms with Crippen molar-refractivity contribution in [2.45, 2.75) is 58.5 Å². The number of hydrogen-bond donors (Lipinski definition) is 2. The normalized spacial score (nSPS) is 14.9. The first kappa shape index (κ1) is 25.5. The highest BCUT2D eigenvalue weighted by atomic mass is 16.5. The lowest BCUT2D eigenvalue weighted by Gasteiger charge is -2.23. The molecule has 4 rings (SSSR count). The number of carbonyl (C=O) groups is 2. The Morgan fingerprint density at radius 3 is 2.36 bits per heavy atom.